The van der Waals surface area contributed by atoms with Crippen molar-refractivity contribution in [3.8, 4) is 17.2 Å². The van der Waals surface area contributed by atoms with Crippen molar-refractivity contribution in [2.75, 3.05) is 20.3 Å². The molecular weight excluding hydrogens is 320 g/mol. The number of amides is 1. The molecule has 1 heterocycles. The topological polar surface area (TPSA) is 73.6 Å². The first-order valence-electron chi connectivity index (χ1n) is 8.64. The Hall–Kier alpha value is -2.34. The van der Waals surface area contributed by atoms with Crippen LogP contribution in [0.5, 0.6) is 5.75 Å². The summed E-state index contributed by atoms with van der Waals surface area (Å²) in [5.74, 6) is 1.92. The van der Waals surface area contributed by atoms with Gasteiger partial charge in [0.1, 0.15) is 18.1 Å². The van der Waals surface area contributed by atoms with E-state index in [0.29, 0.717) is 31.4 Å². The van der Waals surface area contributed by atoms with Crippen LogP contribution in [0, 0.1) is 5.92 Å². The number of nitrogens with zero attached hydrogens (tertiary/aromatic N) is 1. The van der Waals surface area contributed by atoms with Crippen LogP contribution in [0.2, 0.25) is 0 Å². The van der Waals surface area contributed by atoms with E-state index in [1.165, 1.54) is 12.8 Å². The molecule has 6 nitrogen and oxygen atoms in total. The molecule has 1 N–H and O–H groups in total. The second-order valence-electron chi connectivity index (χ2n) is 6.33. The van der Waals surface area contributed by atoms with Gasteiger partial charge in [0.2, 0.25) is 11.8 Å². The number of carbonyl (C=O) groups is 1. The molecule has 1 amide bonds. The Labute approximate surface area is 147 Å². The fourth-order valence-corrected chi connectivity index (χ4v) is 2.39. The van der Waals surface area contributed by atoms with Crippen molar-refractivity contribution in [1.82, 2.24) is 10.3 Å². The zero-order valence-corrected chi connectivity index (χ0v) is 14.7. The van der Waals surface area contributed by atoms with E-state index in [2.05, 4.69) is 10.3 Å². The van der Waals surface area contributed by atoms with Crippen LogP contribution >= 0.6 is 0 Å². The standard InChI is InChI=1S/C19H24N2O4/c1-13(24-11-14-3-4-14)18(22)20-10-9-16-12-25-19(21-16)15-5-7-17(23-2)8-6-15/h5-8,12-14H,3-4,9-11H2,1-2H3,(H,20,22)/t13-/m0/s1. The highest BCUT2D eigenvalue weighted by atomic mass is 16.5. The summed E-state index contributed by atoms with van der Waals surface area (Å²) in [6, 6.07) is 7.52. The van der Waals surface area contributed by atoms with Crippen molar-refractivity contribution in [1.29, 1.82) is 0 Å². The second-order valence-corrected chi connectivity index (χ2v) is 6.33. The molecular formula is C19H24N2O4. The Morgan fingerprint density at radius 1 is 1.36 bits per heavy atom. The first-order valence-corrected chi connectivity index (χ1v) is 8.64. The van der Waals surface area contributed by atoms with Gasteiger partial charge in [-0.1, -0.05) is 0 Å². The molecule has 3 rings (SSSR count). The molecule has 6 heteroatoms. The lowest BCUT2D eigenvalue weighted by atomic mass is 10.2. The number of aromatic nitrogens is 1. The summed E-state index contributed by atoms with van der Waals surface area (Å²) in [7, 11) is 1.63. The fourth-order valence-electron chi connectivity index (χ4n) is 2.39. The first kappa shape index (κ1) is 17.5. The molecule has 1 aliphatic rings. The normalized spacial score (nSPS) is 15.0. The summed E-state index contributed by atoms with van der Waals surface area (Å²) in [5, 5.41) is 2.88. The number of nitrogens with one attached hydrogen (secondary N) is 1. The highest BCUT2D eigenvalue weighted by Gasteiger charge is 2.23. The summed E-state index contributed by atoms with van der Waals surface area (Å²) in [6.45, 7) is 2.98. The van der Waals surface area contributed by atoms with E-state index in [1.54, 1.807) is 20.3 Å². The highest BCUT2D eigenvalue weighted by molar-refractivity contribution is 5.80. The van der Waals surface area contributed by atoms with E-state index in [9.17, 15) is 4.79 Å². The molecule has 25 heavy (non-hydrogen) atoms. The monoisotopic (exact) mass is 344 g/mol. The Kier molecular flexibility index (Phi) is 5.71. The molecule has 2 aromatic rings. The number of carbonyl (C=O) groups excluding carboxylic acids is 1. The maximum absolute atomic E-state index is 12.0. The van der Waals surface area contributed by atoms with Gasteiger partial charge in [0.05, 0.1) is 19.4 Å². The molecule has 0 saturated heterocycles. The van der Waals surface area contributed by atoms with E-state index in [4.69, 9.17) is 13.9 Å². The molecule has 0 aliphatic heterocycles. The smallest absolute Gasteiger partial charge is 0.248 e. The maximum atomic E-state index is 12.0. The Morgan fingerprint density at radius 2 is 2.12 bits per heavy atom. The van der Waals surface area contributed by atoms with Crippen LogP contribution in [0.3, 0.4) is 0 Å². The third kappa shape index (κ3) is 5.06. The van der Waals surface area contributed by atoms with Gasteiger partial charge in [-0.2, -0.15) is 0 Å². The van der Waals surface area contributed by atoms with Crippen molar-refractivity contribution < 1.29 is 18.7 Å². The Bertz CT molecular complexity index is 692. The summed E-state index contributed by atoms with van der Waals surface area (Å²) >= 11 is 0. The quantitative estimate of drug-likeness (QED) is 0.757. The summed E-state index contributed by atoms with van der Waals surface area (Å²) < 4.78 is 16.2. The van der Waals surface area contributed by atoms with Gasteiger partial charge in [-0.25, -0.2) is 4.98 Å². The SMILES string of the molecule is COc1ccc(-c2nc(CCNC(=O)[C@H](C)OCC3CC3)co2)cc1. The number of rotatable bonds is 9. The van der Waals surface area contributed by atoms with E-state index in [-0.39, 0.29) is 5.91 Å². The molecule has 0 spiro atoms. The molecule has 1 aromatic heterocycles. The average Bonchev–Trinajstić information content (AvgIpc) is 3.36. The van der Waals surface area contributed by atoms with Gasteiger partial charge in [0.15, 0.2) is 0 Å². The van der Waals surface area contributed by atoms with Crippen LogP contribution in [0.25, 0.3) is 11.5 Å². The number of hydrogen-bond acceptors (Lipinski definition) is 5. The number of oxazole rings is 1. The van der Waals surface area contributed by atoms with Crippen LogP contribution < -0.4 is 10.1 Å². The predicted octanol–water partition coefficient (Wildman–Crippen LogP) is 2.82. The minimum atomic E-state index is -0.409. The minimum absolute atomic E-state index is 0.0838. The summed E-state index contributed by atoms with van der Waals surface area (Å²) in [6.07, 6.45) is 4.26. The van der Waals surface area contributed by atoms with Gasteiger partial charge >= 0.3 is 0 Å². The predicted molar refractivity (Wildman–Crippen MR) is 93.3 cm³/mol. The van der Waals surface area contributed by atoms with Gasteiger partial charge in [-0.3, -0.25) is 4.79 Å². The number of hydrogen-bond donors (Lipinski definition) is 1. The van der Waals surface area contributed by atoms with Gasteiger partial charge in [0, 0.05) is 18.5 Å². The largest absolute Gasteiger partial charge is 0.497 e. The molecule has 1 aromatic carbocycles. The van der Waals surface area contributed by atoms with Crippen molar-refractivity contribution in [2.24, 2.45) is 5.92 Å². The Balaban J connectivity index is 1.43. The molecule has 0 bridgehead atoms. The van der Waals surface area contributed by atoms with Crippen LogP contribution in [-0.4, -0.2) is 37.3 Å². The van der Waals surface area contributed by atoms with Crippen molar-refractivity contribution >= 4 is 5.91 Å². The lowest BCUT2D eigenvalue weighted by molar-refractivity contribution is -0.131. The summed E-state index contributed by atoms with van der Waals surface area (Å²) in [4.78, 5) is 16.4. The van der Waals surface area contributed by atoms with E-state index >= 15 is 0 Å². The summed E-state index contributed by atoms with van der Waals surface area (Å²) in [5.41, 5.74) is 1.69. The van der Waals surface area contributed by atoms with E-state index < -0.39 is 6.10 Å². The fraction of sp³-hybridized carbons (Fsp3) is 0.474. The minimum Gasteiger partial charge on any atom is -0.497 e. The molecule has 1 fully saturated rings. The van der Waals surface area contributed by atoms with Crippen LogP contribution in [0.15, 0.2) is 34.9 Å². The first-order chi connectivity index (χ1) is 12.2. The zero-order valence-electron chi connectivity index (χ0n) is 14.7. The maximum Gasteiger partial charge on any atom is 0.248 e. The van der Waals surface area contributed by atoms with E-state index in [0.717, 1.165) is 17.0 Å². The molecule has 1 aliphatic carbocycles. The lowest BCUT2D eigenvalue weighted by Gasteiger charge is -2.12. The molecule has 134 valence electrons. The average molecular weight is 344 g/mol. The third-order valence-electron chi connectivity index (χ3n) is 4.22. The van der Waals surface area contributed by atoms with Crippen LogP contribution in [0.4, 0.5) is 0 Å². The molecule has 1 saturated carbocycles. The number of ether oxygens (including phenoxy) is 2. The van der Waals surface area contributed by atoms with E-state index in [1.807, 2.05) is 24.3 Å². The highest BCUT2D eigenvalue weighted by Crippen LogP contribution is 2.29. The zero-order chi connectivity index (χ0) is 17.6. The van der Waals surface area contributed by atoms with Gasteiger partial charge < -0.3 is 19.2 Å². The van der Waals surface area contributed by atoms with Crippen molar-refractivity contribution in [3.63, 3.8) is 0 Å². The van der Waals surface area contributed by atoms with Crippen molar-refractivity contribution in [2.45, 2.75) is 32.3 Å². The number of methoxy groups -OCH3 is 1. The molecule has 0 unspecified atom stereocenters. The van der Waals surface area contributed by atoms with Crippen LogP contribution in [-0.2, 0) is 16.0 Å². The second kappa shape index (κ2) is 8.16. The lowest BCUT2D eigenvalue weighted by Crippen LogP contribution is -2.36. The van der Waals surface area contributed by atoms with Gasteiger partial charge in [0.25, 0.3) is 0 Å². The third-order valence-corrected chi connectivity index (χ3v) is 4.22. The van der Waals surface area contributed by atoms with Crippen molar-refractivity contribution in [3.05, 3.63) is 36.2 Å². The van der Waals surface area contributed by atoms with Gasteiger partial charge in [-0.05, 0) is 49.9 Å². The van der Waals surface area contributed by atoms with Gasteiger partial charge in [-0.15, -0.1) is 0 Å². The van der Waals surface area contributed by atoms with Crippen LogP contribution in [0.1, 0.15) is 25.5 Å². The Morgan fingerprint density at radius 3 is 2.80 bits per heavy atom. The number of benzene rings is 1. The molecule has 1 atom stereocenters. The molecule has 0 radical (unpaired) electrons.